The fourth-order valence-electron chi connectivity index (χ4n) is 3.14. The summed E-state index contributed by atoms with van der Waals surface area (Å²) in [5, 5.41) is 5.36. The lowest BCUT2D eigenvalue weighted by atomic mass is 10.2. The van der Waals surface area contributed by atoms with E-state index >= 15 is 0 Å². The van der Waals surface area contributed by atoms with Crippen LogP contribution in [-0.4, -0.2) is 33.4 Å². The molecule has 8 nitrogen and oxygen atoms in total. The van der Waals surface area contributed by atoms with E-state index in [0.29, 0.717) is 12.2 Å². The Morgan fingerprint density at radius 3 is 2.29 bits per heavy atom. The van der Waals surface area contributed by atoms with Crippen LogP contribution in [0.5, 0.6) is 5.75 Å². The van der Waals surface area contributed by atoms with Crippen LogP contribution in [0.3, 0.4) is 0 Å². The number of aryl methyl sites for hydroxylation is 1. The number of carbonyl (C=O) groups is 2. The van der Waals surface area contributed by atoms with Crippen molar-refractivity contribution in [1.29, 1.82) is 0 Å². The highest BCUT2D eigenvalue weighted by Gasteiger charge is 2.23. The summed E-state index contributed by atoms with van der Waals surface area (Å²) >= 11 is 0. The van der Waals surface area contributed by atoms with Gasteiger partial charge >= 0.3 is 0 Å². The molecule has 0 fully saturated rings. The minimum atomic E-state index is -4.04. The molecule has 0 radical (unpaired) electrons. The van der Waals surface area contributed by atoms with Crippen molar-refractivity contribution in [1.82, 2.24) is 10.6 Å². The van der Waals surface area contributed by atoms with Crippen molar-refractivity contribution >= 4 is 27.5 Å². The van der Waals surface area contributed by atoms with Crippen molar-refractivity contribution in [3.05, 3.63) is 89.5 Å². The molecule has 3 aromatic rings. The molecule has 0 saturated heterocycles. The first-order valence-corrected chi connectivity index (χ1v) is 12.1. The zero-order valence-electron chi connectivity index (χ0n) is 19.2. The van der Waals surface area contributed by atoms with Crippen LogP contribution in [0.1, 0.15) is 28.4 Å². The second-order valence-corrected chi connectivity index (χ2v) is 9.39. The second-order valence-electron chi connectivity index (χ2n) is 7.74. The van der Waals surface area contributed by atoms with Crippen molar-refractivity contribution in [2.45, 2.75) is 31.3 Å². The lowest BCUT2D eigenvalue weighted by Crippen LogP contribution is -2.44. The fourth-order valence-corrected chi connectivity index (χ4v) is 4.40. The number of nitrogens with one attached hydrogen (secondary N) is 3. The molecule has 3 aromatic carbocycles. The maximum atomic E-state index is 13.0. The van der Waals surface area contributed by atoms with Gasteiger partial charge in [-0.05, 0) is 49.7 Å². The highest BCUT2D eigenvalue weighted by molar-refractivity contribution is 7.92. The molecule has 178 valence electrons. The summed E-state index contributed by atoms with van der Waals surface area (Å²) in [6.45, 7) is 3.78. The van der Waals surface area contributed by atoms with E-state index in [2.05, 4.69) is 15.4 Å². The zero-order valence-corrected chi connectivity index (χ0v) is 20.0. The molecule has 0 aliphatic heterocycles. The van der Waals surface area contributed by atoms with Gasteiger partial charge in [-0.15, -0.1) is 0 Å². The molecule has 34 heavy (non-hydrogen) atoms. The number of anilines is 1. The molecule has 0 aromatic heterocycles. The molecule has 3 N–H and O–H groups in total. The Kier molecular flexibility index (Phi) is 7.91. The standard InChI is InChI=1S/C25H27N3O5S/c1-17-9-12-21(13-10-17)28-34(31,32)23-15-20(11-14-22(23)33-3)25(30)27-18(2)24(29)26-16-19-7-5-4-6-8-19/h4-15,18,28H,16H2,1-3H3,(H,26,29)(H,27,30). The minimum absolute atomic E-state index is 0.0767. The third kappa shape index (κ3) is 6.35. The number of sulfonamides is 1. The summed E-state index contributed by atoms with van der Waals surface area (Å²) in [6.07, 6.45) is 0. The molecule has 1 atom stereocenters. The minimum Gasteiger partial charge on any atom is -0.495 e. The first-order chi connectivity index (χ1) is 16.2. The van der Waals surface area contributed by atoms with E-state index in [1.807, 2.05) is 37.3 Å². The van der Waals surface area contributed by atoms with Crippen LogP contribution >= 0.6 is 0 Å². The van der Waals surface area contributed by atoms with E-state index in [4.69, 9.17) is 4.74 Å². The zero-order chi connectivity index (χ0) is 24.7. The Morgan fingerprint density at radius 1 is 0.971 bits per heavy atom. The molecular formula is C25H27N3O5S. The van der Waals surface area contributed by atoms with Crippen LogP contribution < -0.4 is 20.1 Å². The first-order valence-electron chi connectivity index (χ1n) is 10.6. The summed E-state index contributed by atoms with van der Waals surface area (Å²) in [6, 6.07) is 19.5. The summed E-state index contributed by atoms with van der Waals surface area (Å²) in [5.74, 6) is -0.860. The normalized spacial score (nSPS) is 11.9. The van der Waals surface area contributed by atoms with E-state index in [0.717, 1.165) is 11.1 Å². The Hall–Kier alpha value is -3.85. The van der Waals surface area contributed by atoms with Gasteiger partial charge in [-0.3, -0.25) is 14.3 Å². The number of benzene rings is 3. The maximum Gasteiger partial charge on any atom is 0.265 e. The highest BCUT2D eigenvalue weighted by Crippen LogP contribution is 2.27. The van der Waals surface area contributed by atoms with Crippen LogP contribution in [-0.2, 0) is 21.4 Å². The molecule has 0 saturated carbocycles. The van der Waals surface area contributed by atoms with Crippen LogP contribution in [0.25, 0.3) is 0 Å². The van der Waals surface area contributed by atoms with Gasteiger partial charge in [0.05, 0.1) is 7.11 Å². The summed E-state index contributed by atoms with van der Waals surface area (Å²) in [7, 11) is -2.70. The Bertz CT molecular complexity index is 1260. The van der Waals surface area contributed by atoms with Crippen molar-refractivity contribution in [2.24, 2.45) is 0 Å². The number of amides is 2. The van der Waals surface area contributed by atoms with Crippen LogP contribution in [0.4, 0.5) is 5.69 Å². The number of hydrogen-bond donors (Lipinski definition) is 3. The van der Waals surface area contributed by atoms with E-state index in [1.54, 1.807) is 31.2 Å². The van der Waals surface area contributed by atoms with Gasteiger partial charge in [-0.25, -0.2) is 8.42 Å². The molecule has 0 aliphatic carbocycles. The van der Waals surface area contributed by atoms with Gasteiger partial charge in [-0.2, -0.15) is 0 Å². The molecule has 0 bridgehead atoms. The molecule has 3 rings (SSSR count). The van der Waals surface area contributed by atoms with E-state index < -0.39 is 22.0 Å². The largest absolute Gasteiger partial charge is 0.495 e. The SMILES string of the molecule is COc1ccc(C(=O)NC(C)C(=O)NCc2ccccc2)cc1S(=O)(=O)Nc1ccc(C)cc1. The maximum absolute atomic E-state index is 13.0. The average Bonchev–Trinajstić information content (AvgIpc) is 2.84. The van der Waals surface area contributed by atoms with Gasteiger partial charge in [0.2, 0.25) is 5.91 Å². The van der Waals surface area contributed by atoms with Gasteiger partial charge in [0.25, 0.3) is 15.9 Å². The Morgan fingerprint density at radius 2 is 1.65 bits per heavy atom. The quantitative estimate of drug-likeness (QED) is 0.434. The molecule has 0 heterocycles. The molecule has 0 aliphatic rings. The molecule has 0 spiro atoms. The van der Waals surface area contributed by atoms with Gasteiger partial charge < -0.3 is 15.4 Å². The molecular weight excluding hydrogens is 454 g/mol. The highest BCUT2D eigenvalue weighted by atomic mass is 32.2. The van der Waals surface area contributed by atoms with Gasteiger partial charge in [0.15, 0.2) is 0 Å². The van der Waals surface area contributed by atoms with E-state index in [9.17, 15) is 18.0 Å². The van der Waals surface area contributed by atoms with Crippen molar-refractivity contribution < 1.29 is 22.7 Å². The Balaban J connectivity index is 1.72. The van der Waals surface area contributed by atoms with Crippen LogP contribution in [0.2, 0.25) is 0 Å². The van der Waals surface area contributed by atoms with Gasteiger partial charge in [0, 0.05) is 17.8 Å². The van der Waals surface area contributed by atoms with Crippen LogP contribution in [0.15, 0.2) is 77.7 Å². The predicted molar refractivity (Wildman–Crippen MR) is 130 cm³/mol. The van der Waals surface area contributed by atoms with Gasteiger partial charge in [-0.1, -0.05) is 48.0 Å². The average molecular weight is 482 g/mol. The summed E-state index contributed by atoms with van der Waals surface area (Å²) in [4.78, 5) is 25.0. The third-order valence-electron chi connectivity index (χ3n) is 5.07. The number of hydrogen-bond acceptors (Lipinski definition) is 5. The van der Waals surface area contributed by atoms with Gasteiger partial charge in [0.1, 0.15) is 16.7 Å². The second kappa shape index (κ2) is 10.8. The first kappa shape index (κ1) is 24.8. The number of rotatable bonds is 9. The van der Waals surface area contributed by atoms with E-state index in [1.165, 1.54) is 25.3 Å². The van der Waals surface area contributed by atoms with Crippen molar-refractivity contribution in [3.63, 3.8) is 0 Å². The summed E-state index contributed by atoms with van der Waals surface area (Å²) < 4.78 is 33.7. The topological polar surface area (TPSA) is 114 Å². The number of ether oxygens (including phenoxy) is 1. The van der Waals surface area contributed by atoms with Crippen LogP contribution in [0, 0.1) is 6.92 Å². The predicted octanol–water partition coefficient (Wildman–Crippen LogP) is 3.24. The Labute approximate surface area is 199 Å². The number of methoxy groups -OCH3 is 1. The lowest BCUT2D eigenvalue weighted by molar-refractivity contribution is -0.122. The monoisotopic (exact) mass is 481 g/mol. The molecule has 1 unspecified atom stereocenters. The smallest absolute Gasteiger partial charge is 0.265 e. The molecule has 2 amide bonds. The van der Waals surface area contributed by atoms with E-state index in [-0.39, 0.29) is 22.1 Å². The third-order valence-corrected chi connectivity index (χ3v) is 6.47. The summed E-state index contributed by atoms with van der Waals surface area (Å²) in [5.41, 5.74) is 2.38. The lowest BCUT2D eigenvalue weighted by Gasteiger charge is -2.16. The van der Waals surface area contributed by atoms with Crippen molar-refractivity contribution in [2.75, 3.05) is 11.8 Å². The van der Waals surface area contributed by atoms with Crippen molar-refractivity contribution in [3.8, 4) is 5.75 Å². The fraction of sp³-hybridized carbons (Fsp3) is 0.200. The molecule has 9 heteroatoms. The number of carbonyl (C=O) groups excluding carboxylic acids is 2.